The Morgan fingerprint density at radius 3 is 2.53 bits per heavy atom. The van der Waals surface area contributed by atoms with Gasteiger partial charge in [-0.3, -0.25) is 0 Å². The van der Waals surface area contributed by atoms with E-state index in [1.54, 1.807) is 11.3 Å². The summed E-state index contributed by atoms with van der Waals surface area (Å²) in [5, 5.41) is 2.04. The third-order valence-electron chi connectivity index (χ3n) is 3.46. The fraction of sp³-hybridized carbons (Fsp3) is 0.692. The lowest BCUT2D eigenvalue weighted by Gasteiger charge is -2.29. The van der Waals surface area contributed by atoms with E-state index in [9.17, 15) is 8.42 Å². The maximum absolute atomic E-state index is 11.3. The molecule has 0 aromatic carbocycles. The Morgan fingerprint density at radius 1 is 1.37 bits per heavy atom. The van der Waals surface area contributed by atoms with Gasteiger partial charge < -0.3 is 4.74 Å². The molecule has 0 aliphatic heterocycles. The van der Waals surface area contributed by atoms with Crippen molar-refractivity contribution in [2.75, 3.05) is 19.0 Å². The Kier molecular flexibility index (Phi) is 6.80. The van der Waals surface area contributed by atoms with Crippen LogP contribution in [0.15, 0.2) is 17.5 Å². The normalized spacial score (nSPS) is 12.8. The number of hydrogen-bond acceptors (Lipinski definition) is 4. The van der Waals surface area contributed by atoms with Gasteiger partial charge in [0.05, 0.1) is 19.0 Å². The first-order valence-corrected chi connectivity index (χ1v) is 9.79. The maximum atomic E-state index is 11.3. The van der Waals surface area contributed by atoms with Crippen molar-refractivity contribution in [3.8, 4) is 0 Å². The predicted octanol–water partition coefficient (Wildman–Crippen LogP) is 3.68. The van der Waals surface area contributed by atoms with E-state index in [2.05, 4.69) is 6.07 Å². The highest BCUT2D eigenvalue weighted by molar-refractivity contribution is 8.13. The van der Waals surface area contributed by atoms with Gasteiger partial charge in [-0.2, -0.15) is 0 Å². The van der Waals surface area contributed by atoms with Crippen LogP contribution in [0, 0.1) is 5.41 Å². The molecule has 1 rings (SSSR count). The van der Waals surface area contributed by atoms with Crippen LogP contribution < -0.4 is 0 Å². The van der Waals surface area contributed by atoms with Crippen LogP contribution in [-0.4, -0.2) is 27.4 Å². The van der Waals surface area contributed by atoms with Crippen molar-refractivity contribution in [3.63, 3.8) is 0 Å². The molecular weight excluding hydrogens is 304 g/mol. The summed E-state index contributed by atoms with van der Waals surface area (Å²) in [5.41, 5.74) is -0.365. The van der Waals surface area contributed by atoms with Crippen molar-refractivity contribution < 1.29 is 13.2 Å². The summed E-state index contributed by atoms with van der Waals surface area (Å²) in [5.74, 6) is -0.0203. The Labute approximate surface area is 124 Å². The van der Waals surface area contributed by atoms with Crippen molar-refractivity contribution in [3.05, 3.63) is 22.4 Å². The van der Waals surface area contributed by atoms with Crippen molar-refractivity contribution in [2.24, 2.45) is 5.41 Å². The largest absolute Gasteiger partial charge is 0.380 e. The Morgan fingerprint density at radius 2 is 2.05 bits per heavy atom. The fourth-order valence-corrected chi connectivity index (χ4v) is 4.59. The van der Waals surface area contributed by atoms with Crippen LogP contribution >= 0.6 is 22.0 Å². The van der Waals surface area contributed by atoms with Crippen LogP contribution in [-0.2, 0) is 20.2 Å². The summed E-state index contributed by atoms with van der Waals surface area (Å²) in [6, 6.07) is 4.09. The molecule has 0 spiro atoms. The third kappa shape index (κ3) is 6.25. The number of hydrogen-bond donors (Lipinski definition) is 0. The van der Waals surface area contributed by atoms with Crippen LogP contribution in [0.1, 0.15) is 31.6 Å². The van der Waals surface area contributed by atoms with Gasteiger partial charge >= 0.3 is 0 Å². The molecule has 110 valence electrons. The van der Waals surface area contributed by atoms with E-state index in [1.165, 1.54) is 4.88 Å². The molecule has 1 heterocycles. The van der Waals surface area contributed by atoms with Gasteiger partial charge in [0.25, 0.3) is 0 Å². The van der Waals surface area contributed by atoms with Crippen LogP contribution in [0.2, 0.25) is 0 Å². The van der Waals surface area contributed by atoms with Crippen LogP contribution in [0.3, 0.4) is 0 Å². The molecule has 0 saturated heterocycles. The van der Waals surface area contributed by atoms with E-state index in [0.717, 1.165) is 19.3 Å². The Balaban J connectivity index is 2.45. The quantitative estimate of drug-likeness (QED) is 0.514. The second-order valence-corrected chi connectivity index (χ2v) is 8.58. The first kappa shape index (κ1) is 17.0. The van der Waals surface area contributed by atoms with E-state index in [1.807, 2.05) is 25.3 Å². The second kappa shape index (κ2) is 7.62. The van der Waals surface area contributed by atoms with Crippen LogP contribution in [0.25, 0.3) is 0 Å². The molecule has 1 aromatic heterocycles. The molecule has 0 amide bonds. The smallest absolute Gasteiger partial charge is 0.233 e. The van der Waals surface area contributed by atoms with Crippen LogP contribution in [0.4, 0.5) is 0 Å². The fourth-order valence-electron chi connectivity index (χ4n) is 1.98. The third-order valence-corrected chi connectivity index (χ3v) is 5.68. The van der Waals surface area contributed by atoms with Crippen molar-refractivity contribution >= 4 is 31.1 Å². The summed E-state index contributed by atoms with van der Waals surface area (Å²) in [6.07, 6.45) is 2.36. The van der Waals surface area contributed by atoms with Gasteiger partial charge in [0, 0.05) is 27.4 Å². The Hall–Kier alpha value is -0.100. The highest BCUT2D eigenvalue weighted by Crippen LogP contribution is 2.30. The molecule has 0 fully saturated rings. The first-order valence-electron chi connectivity index (χ1n) is 6.43. The van der Waals surface area contributed by atoms with Crippen molar-refractivity contribution in [2.45, 2.75) is 33.1 Å². The van der Waals surface area contributed by atoms with E-state index >= 15 is 0 Å². The van der Waals surface area contributed by atoms with E-state index in [0.29, 0.717) is 13.2 Å². The standard InChI is InChI=1S/C13H21ClO3S2/c1-3-13(4-2,11-19(14,15)16)10-17-8-7-12-6-5-9-18-12/h5-6,9H,3-4,7-8,10-11H2,1-2H3. The maximum Gasteiger partial charge on any atom is 0.233 e. The summed E-state index contributed by atoms with van der Waals surface area (Å²) in [6.45, 7) is 5.02. The zero-order valence-corrected chi connectivity index (χ0v) is 13.8. The van der Waals surface area contributed by atoms with Crippen molar-refractivity contribution in [1.29, 1.82) is 0 Å². The average Bonchev–Trinajstić information content (AvgIpc) is 2.84. The molecule has 0 N–H and O–H groups in total. The molecule has 19 heavy (non-hydrogen) atoms. The topological polar surface area (TPSA) is 43.4 Å². The lowest BCUT2D eigenvalue weighted by atomic mass is 9.85. The van der Waals surface area contributed by atoms with E-state index in [-0.39, 0.29) is 11.2 Å². The molecular formula is C13H21ClO3S2. The van der Waals surface area contributed by atoms with Gasteiger partial charge in [-0.25, -0.2) is 8.42 Å². The molecule has 0 radical (unpaired) electrons. The molecule has 1 aromatic rings. The van der Waals surface area contributed by atoms with E-state index in [4.69, 9.17) is 15.4 Å². The number of rotatable bonds is 9. The van der Waals surface area contributed by atoms with Gasteiger partial charge in [0.15, 0.2) is 0 Å². The molecule has 0 atom stereocenters. The van der Waals surface area contributed by atoms with Gasteiger partial charge in [-0.15, -0.1) is 11.3 Å². The van der Waals surface area contributed by atoms with Gasteiger partial charge in [-0.05, 0) is 24.3 Å². The molecule has 3 nitrogen and oxygen atoms in total. The summed E-state index contributed by atoms with van der Waals surface area (Å²) in [4.78, 5) is 1.28. The Bertz CT molecular complexity index is 450. The highest BCUT2D eigenvalue weighted by Gasteiger charge is 2.31. The SMILES string of the molecule is CCC(CC)(COCCc1cccs1)CS(=O)(=O)Cl. The predicted molar refractivity (Wildman–Crippen MR) is 81.5 cm³/mol. The zero-order chi connectivity index (χ0) is 14.4. The highest BCUT2D eigenvalue weighted by atomic mass is 35.7. The number of halogens is 1. The summed E-state index contributed by atoms with van der Waals surface area (Å²) < 4.78 is 28.3. The molecule has 0 bridgehead atoms. The molecule has 0 aliphatic rings. The lowest BCUT2D eigenvalue weighted by molar-refractivity contribution is 0.0522. The van der Waals surface area contributed by atoms with Gasteiger partial charge in [-0.1, -0.05) is 19.9 Å². The van der Waals surface area contributed by atoms with E-state index < -0.39 is 9.05 Å². The monoisotopic (exact) mass is 324 g/mol. The van der Waals surface area contributed by atoms with Crippen molar-refractivity contribution in [1.82, 2.24) is 0 Å². The second-order valence-electron chi connectivity index (χ2n) is 4.77. The molecule has 0 saturated carbocycles. The zero-order valence-electron chi connectivity index (χ0n) is 11.4. The first-order chi connectivity index (χ1) is 8.91. The lowest BCUT2D eigenvalue weighted by Crippen LogP contribution is -2.32. The average molecular weight is 325 g/mol. The number of ether oxygens (including phenoxy) is 1. The summed E-state index contributed by atoms with van der Waals surface area (Å²) in [7, 11) is 1.90. The van der Waals surface area contributed by atoms with Crippen LogP contribution in [0.5, 0.6) is 0 Å². The minimum absolute atomic E-state index is 0.0203. The molecule has 0 aliphatic carbocycles. The number of thiophene rings is 1. The molecule has 6 heteroatoms. The van der Waals surface area contributed by atoms with Gasteiger partial charge in [0.2, 0.25) is 9.05 Å². The van der Waals surface area contributed by atoms with Gasteiger partial charge in [0.1, 0.15) is 0 Å². The summed E-state index contributed by atoms with van der Waals surface area (Å²) >= 11 is 1.71. The minimum atomic E-state index is -3.49. The minimum Gasteiger partial charge on any atom is -0.380 e. The molecule has 0 unspecified atom stereocenters.